The van der Waals surface area contributed by atoms with Crippen LogP contribution in [-0.4, -0.2) is 23.4 Å². The van der Waals surface area contributed by atoms with E-state index in [9.17, 15) is 5.11 Å². The van der Waals surface area contributed by atoms with E-state index in [4.69, 9.17) is 5.11 Å². The number of allylic oxidation sites excluding steroid dienone is 1. The minimum absolute atomic E-state index is 0.0766. The van der Waals surface area contributed by atoms with Crippen LogP contribution < -0.4 is 0 Å². The van der Waals surface area contributed by atoms with E-state index < -0.39 is 0 Å². The zero-order valence-electron chi connectivity index (χ0n) is 20.8. The second-order valence-electron chi connectivity index (χ2n) is 12.2. The highest BCUT2D eigenvalue weighted by atomic mass is 16.3. The molecule has 0 saturated heterocycles. The minimum atomic E-state index is -0.0766. The van der Waals surface area contributed by atoms with Gasteiger partial charge in [-0.05, 0) is 97.7 Å². The van der Waals surface area contributed by atoms with Gasteiger partial charge in [0, 0.05) is 7.11 Å². The molecule has 0 spiro atoms. The van der Waals surface area contributed by atoms with Crippen LogP contribution in [0, 0.1) is 46.3 Å². The standard InChI is InChI=1S/C27H46O.CH4O/c1-18(2)7-6-8-19(3)23-11-12-24-22-10-9-20-17-21(28)13-15-26(20,4)25(22)14-16-27(23,24)5;1-2/h9,18-19,21-25,28H,6-8,10-17H2,1-5H3;2H,1H3. The third-order valence-electron chi connectivity index (χ3n) is 10.3. The van der Waals surface area contributed by atoms with Crippen LogP contribution in [0.5, 0.6) is 0 Å². The monoisotopic (exact) mass is 418 g/mol. The predicted molar refractivity (Wildman–Crippen MR) is 127 cm³/mol. The Bertz CT molecular complexity index is 595. The second-order valence-corrected chi connectivity index (χ2v) is 12.2. The van der Waals surface area contributed by atoms with Gasteiger partial charge in [-0.3, -0.25) is 0 Å². The molecule has 0 heterocycles. The number of hydrogen-bond donors (Lipinski definition) is 2. The lowest BCUT2D eigenvalue weighted by atomic mass is 9.47. The van der Waals surface area contributed by atoms with Crippen molar-refractivity contribution in [2.45, 2.75) is 111 Å². The van der Waals surface area contributed by atoms with Gasteiger partial charge in [0.15, 0.2) is 0 Å². The van der Waals surface area contributed by atoms with Crippen LogP contribution in [-0.2, 0) is 0 Å². The van der Waals surface area contributed by atoms with Crippen LogP contribution in [0.15, 0.2) is 11.6 Å². The first-order valence-corrected chi connectivity index (χ1v) is 13.1. The van der Waals surface area contributed by atoms with Crippen LogP contribution in [0.2, 0.25) is 0 Å². The zero-order chi connectivity index (χ0) is 22.1. The molecule has 2 N–H and O–H groups in total. The molecule has 3 saturated carbocycles. The van der Waals surface area contributed by atoms with Gasteiger partial charge in [-0.25, -0.2) is 0 Å². The van der Waals surface area contributed by atoms with Crippen LogP contribution in [0.25, 0.3) is 0 Å². The maximum absolute atomic E-state index is 10.2. The van der Waals surface area contributed by atoms with Crippen molar-refractivity contribution < 1.29 is 10.2 Å². The van der Waals surface area contributed by atoms with Gasteiger partial charge in [0.1, 0.15) is 0 Å². The lowest BCUT2D eigenvalue weighted by Crippen LogP contribution is -2.50. The van der Waals surface area contributed by atoms with Gasteiger partial charge in [-0.15, -0.1) is 0 Å². The van der Waals surface area contributed by atoms with Gasteiger partial charge in [-0.1, -0.05) is 65.5 Å². The molecule has 4 aliphatic rings. The Balaban J connectivity index is 0.00000124. The fraction of sp³-hybridized carbons (Fsp3) is 0.929. The summed E-state index contributed by atoms with van der Waals surface area (Å²) in [6.07, 6.45) is 17.2. The Kier molecular flexibility index (Phi) is 7.82. The Morgan fingerprint density at radius 3 is 2.40 bits per heavy atom. The van der Waals surface area contributed by atoms with Crippen LogP contribution >= 0.6 is 0 Å². The number of hydrogen-bond acceptors (Lipinski definition) is 2. The fourth-order valence-electron chi connectivity index (χ4n) is 8.67. The Morgan fingerprint density at radius 2 is 1.70 bits per heavy atom. The molecule has 8 atom stereocenters. The molecule has 174 valence electrons. The molecule has 0 radical (unpaired) electrons. The fourth-order valence-corrected chi connectivity index (χ4v) is 8.67. The van der Waals surface area contributed by atoms with Gasteiger partial charge in [-0.2, -0.15) is 0 Å². The molecule has 30 heavy (non-hydrogen) atoms. The topological polar surface area (TPSA) is 40.5 Å². The van der Waals surface area contributed by atoms with E-state index in [1.54, 1.807) is 5.57 Å². The summed E-state index contributed by atoms with van der Waals surface area (Å²) < 4.78 is 0. The first-order chi connectivity index (χ1) is 14.3. The summed E-state index contributed by atoms with van der Waals surface area (Å²) in [6, 6.07) is 0. The summed E-state index contributed by atoms with van der Waals surface area (Å²) >= 11 is 0. The maximum Gasteiger partial charge on any atom is 0.0577 e. The second kappa shape index (κ2) is 9.65. The van der Waals surface area contributed by atoms with Gasteiger partial charge < -0.3 is 10.2 Å². The van der Waals surface area contributed by atoms with Gasteiger partial charge in [0.05, 0.1) is 6.10 Å². The van der Waals surface area contributed by atoms with Crippen molar-refractivity contribution in [1.82, 2.24) is 0 Å². The molecule has 0 aromatic heterocycles. The number of aliphatic hydroxyl groups is 2. The molecular formula is C28H50O2. The minimum Gasteiger partial charge on any atom is -0.400 e. The lowest BCUT2D eigenvalue weighted by molar-refractivity contribution is -0.0573. The van der Waals surface area contributed by atoms with E-state index >= 15 is 0 Å². The average molecular weight is 419 g/mol. The molecule has 8 unspecified atom stereocenters. The summed E-state index contributed by atoms with van der Waals surface area (Å²) in [5.74, 6) is 5.46. The Labute approximate surface area is 186 Å². The highest BCUT2D eigenvalue weighted by molar-refractivity contribution is 5.25. The van der Waals surface area contributed by atoms with E-state index in [1.165, 1.54) is 57.8 Å². The van der Waals surface area contributed by atoms with Crippen molar-refractivity contribution in [2.75, 3.05) is 7.11 Å². The van der Waals surface area contributed by atoms with Crippen LogP contribution in [0.3, 0.4) is 0 Å². The molecule has 0 bridgehead atoms. The number of aliphatic hydroxyl groups excluding tert-OH is 2. The van der Waals surface area contributed by atoms with Crippen LogP contribution in [0.4, 0.5) is 0 Å². The molecule has 3 fully saturated rings. The summed E-state index contributed by atoms with van der Waals surface area (Å²) in [6.45, 7) is 12.6. The van der Waals surface area contributed by atoms with Crippen molar-refractivity contribution in [2.24, 2.45) is 46.3 Å². The summed E-state index contributed by atoms with van der Waals surface area (Å²) in [5, 5.41) is 17.2. The van der Waals surface area contributed by atoms with Crippen LogP contribution in [0.1, 0.15) is 105 Å². The normalized spacial score (nSPS) is 43.6. The SMILES string of the molecule is CC(C)CCCC(C)C1CCC2C3CC=C4CC(O)CCC4(C)C3CCC12C.CO. The Hall–Kier alpha value is -0.340. The first kappa shape index (κ1) is 24.3. The van der Waals surface area contributed by atoms with Crippen molar-refractivity contribution in [3.05, 3.63) is 11.6 Å². The summed E-state index contributed by atoms with van der Waals surface area (Å²) in [4.78, 5) is 0. The quantitative estimate of drug-likeness (QED) is 0.472. The molecule has 4 rings (SSSR count). The largest absolute Gasteiger partial charge is 0.400 e. The predicted octanol–water partition coefficient (Wildman–Crippen LogP) is 7.00. The van der Waals surface area contributed by atoms with Crippen molar-refractivity contribution >= 4 is 0 Å². The zero-order valence-corrected chi connectivity index (χ0v) is 20.8. The van der Waals surface area contributed by atoms with Gasteiger partial charge >= 0.3 is 0 Å². The third-order valence-corrected chi connectivity index (χ3v) is 10.3. The smallest absolute Gasteiger partial charge is 0.0577 e. The summed E-state index contributed by atoms with van der Waals surface area (Å²) in [5.41, 5.74) is 2.60. The highest BCUT2D eigenvalue weighted by Crippen LogP contribution is 2.67. The molecule has 4 aliphatic carbocycles. The maximum atomic E-state index is 10.2. The van der Waals surface area contributed by atoms with Gasteiger partial charge in [0.2, 0.25) is 0 Å². The average Bonchev–Trinajstić information content (AvgIpc) is 3.07. The lowest BCUT2D eigenvalue weighted by Gasteiger charge is -2.58. The molecule has 0 aromatic rings. The molecule has 0 amide bonds. The van der Waals surface area contributed by atoms with E-state index in [1.807, 2.05) is 0 Å². The third kappa shape index (κ3) is 4.29. The van der Waals surface area contributed by atoms with Gasteiger partial charge in [0.25, 0.3) is 0 Å². The number of fused-ring (bicyclic) bond motifs is 5. The Morgan fingerprint density at radius 1 is 0.967 bits per heavy atom. The molecular weight excluding hydrogens is 368 g/mol. The molecule has 0 aromatic carbocycles. The van der Waals surface area contributed by atoms with Crippen molar-refractivity contribution in [1.29, 1.82) is 0 Å². The first-order valence-electron chi connectivity index (χ1n) is 13.1. The molecule has 2 nitrogen and oxygen atoms in total. The van der Waals surface area contributed by atoms with E-state index in [-0.39, 0.29) is 6.10 Å². The highest BCUT2D eigenvalue weighted by Gasteiger charge is 2.59. The van der Waals surface area contributed by atoms with Crippen molar-refractivity contribution in [3.63, 3.8) is 0 Å². The summed E-state index contributed by atoms with van der Waals surface area (Å²) in [7, 11) is 1.00. The van der Waals surface area contributed by atoms with E-state index in [0.29, 0.717) is 10.8 Å². The van der Waals surface area contributed by atoms with E-state index in [2.05, 4.69) is 40.7 Å². The van der Waals surface area contributed by atoms with Crippen molar-refractivity contribution in [3.8, 4) is 0 Å². The van der Waals surface area contributed by atoms with E-state index in [0.717, 1.165) is 55.5 Å². The molecule has 2 heteroatoms. The number of rotatable bonds is 5. The molecule has 0 aliphatic heterocycles.